The third-order valence-corrected chi connectivity index (χ3v) is 7.22. The topological polar surface area (TPSA) is 105 Å². The maximum atomic E-state index is 13.1. The zero-order valence-electron chi connectivity index (χ0n) is 16.6. The minimum Gasteiger partial charge on any atom is -0.482 e. The van der Waals surface area contributed by atoms with E-state index in [1.54, 1.807) is 12.1 Å². The van der Waals surface area contributed by atoms with Crippen LogP contribution in [-0.2, 0) is 26.2 Å². The van der Waals surface area contributed by atoms with Crippen LogP contribution >= 0.6 is 0 Å². The fourth-order valence-corrected chi connectivity index (χ4v) is 5.23. The van der Waals surface area contributed by atoms with Crippen molar-refractivity contribution in [3.63, 3.8) is 0 Å². The predicted octanol–water partition coefficient (Wildman–Crippen LogP) is 1.87. The number of halogens is 1. The molecular formula is C21H22FN3O5S. The highest BCUT2D eigenvalue weighted by molar-refractivity contribution is 7.89. The van der Waals surface area contributed by atoms with Crippen molar-refractivity contribution >= 4 is 27.5 Å². The molecule has 2 aromatic carbocycles. The van der Waals surface area contributed by atoms with Gasteiger partial charge in [-0.3, -0.25) is 9.59 Å². The summed E-state index contributed by atoms with van der Waals surface area (Å²) in [5, 5.41) is 5.40. The fraction of sp³-hybridized carbons (Fsp3) is 0.333. The van der Waals surface area contributed by atoms with Gasteiger partial charge in [-0.25, -0.2) is 12.8 Å². The van der Waals surface area contributed by atoms with Crippen molar-refractivity contribution in [1.82, 2.24) is 9.62 Å². The molecule has 0 unspecified atom stereocenters. The molecule has 2 aromatic rings. The van der Waals surface area contributed by atoms with Gasteiger partial charge in [0.1, 0.15) is 11.6 Å². The number of benzene rings is 2. The molecule has 0 radical (unpaired) electrons. The Labute approximate surface area is 179 Å². The summed E-state index contributed by atoms with van der Waals surface area (Å²) in [6.07, 6.45) is 1.13. The van der Waals surface area contributed by atoms with Crippen molar-refractivity contribution in [2.75, 3.05) is 25.0 Å². The maximum absolute atomic E-state index is 13.1. The van der Waals surface area contributed by atoms with Crippen molar-refractivity contribution in [3.05, 3.63) is 53.8 Å². The lowest BCUT2D eigenvalue weighted by molar-refractivity contribution is -0.126. The SMILES string of the molecule is O=C1COc2ccc(S(=O)(=O)N3CCC[C@H](C(=O)NCc4ccc(F)cc4)C3)cc2N1. The molecule has 2 aliphatic heterocycles. The van der Waals surface area contributed by atoms with Crippen LogP contribution < -0.4 is 15.4 Å². The number of rotatable bonds is 5. The Morgan fingerprint density at radius 3 is 2.77 bits per heavy atom. The number of hydrogen-bond donors (Lipinski definition) is 2. The fourth-order valence-electron chi connectivity index (χ4n) is 3.68. The third kappa shape index (κ3) is 4.70. The second-order valence-electron chi connectivity index (χ2n) is 7.54. The molecule has 1 atom stereocenters. The summed E-state index contributed by atoms with van der Waals surface area (Å²) < 4.78 is 45.9. The molecule has 1 saturated heterocycles. The van der Waals surface area contributed by atoms with E-state index in [1.165, 1.54) is 34.6 Å². The standard InChI is InChI=1S/C21H22FN3O5S/c22-16-5-3-14(4-6-16)11-23-21(27)15-2-1-9-25(12-15)31(28,29)17-7-8-19-18(10-17)24-20(26)13-30-19/h3-8,10,15H,1-2,9,11-13H2,(H,23,27)(H,24,26)/t15-/m0/s1. The number of nitrogens with one attached hydrogen (secondary N) is 2. The van der Waals surface area contributed by atoms with Crippen molar-refractivity contribution in [3.8, 4) is 5.75 Å². The molecule has 2 aliphatic rings. The molecule has 164 valence electrons. The summed E-state index contributed by atoms with van der Waals surface area (Å²) in [6, 6.07) is 10.1. The van der Waals surface area contributed by atoms with Crippen molar-refractivity contribution in [1.29, 1.82) is 0 Å². The molecule has 2 heterocycles. The Hall–Kier alpha value is -2.98. The summed E-state index contributed by atoms with van der Waals surface area (Å²) in [4.78, 5) is 24.2. The van der Waals surface area contributed by atoms with Crippen molar-refractivity contribution in [2.45, 2.75) is 24.3 Å². The molecular weight excluding hydrogens is 425 g/mol. The van der Waals surface area contributed by atoms with Gasteiger partial charge in [0, 0.05) is 19.6 Å². The number of ether oxygens (including phenoxy) is 1. The lowest BCUT2D eigenvalue weighted by Crippen LogP contribution is -2.45. The van der Waals surface area contributed by atoms with Gasteiger partial charge in [0.25, 0.3) is 5.91 Å². The van der Waals surface area contributed by atoms with Gasteiger partial charge in [-0.1, -0.05) is 12.1 Å². The average Bonchev–Trinajstić information content (AvgIpc) is 2.78. The highest BCUT2D eigenvalue weighted by Gasteiger charge is 2.34. The number of carbonyl (C=O) groups excluding carboxylic acids is 2. The van der Waals surface area contributed by atoms with E-state index in [9.17, 15) is 22.4 Å². The van der Waals surface area contributed by atoms with E-state index in [0.29, 0.717) is 30.8 Å². The number of anilines is 1. The molecule has 2 N–H and O–H groups in total. The molecule has 31 heavy (non-hydrogen) atoms. The van der Waals surface area contributed by atoms with Crippen LogP contribution in [0.2, 0.25) is 0 Å². The van der Waals surface area contributed by atoms with E-state index in [0.717, 1.165) is 5.56 Å². The Bertz CT molecular complexity index is 1100. The summed E-state index contributed by atoms with van der Waals surface area (Å²) >= 11 is 0. The van der Waals surface area contributed by atoms with E-state index in [4.69, 9.17) is 4.74 Å². The van der Waals surface area contributed by atoms with Crippen LogP contribution in [0.25, 0.3) is 0 Å². The minimum atomic E-state index is -3.85. The highest BCUT2D eigenvalue weighted by atomic mass is 32.2. The van der Waals surface area contributed by atoms with E-state index in [2.05, 4.69) is 10.6 Å². The van der Waals surface area contributed by atoms with E-state index in [1.807, 2.05) is 0 Å². The van der Waals surface area contributed by atoms with Gasteiger partial charge in [-0.15, -0.1) is 0 Å². The molecule has 10 heteroatoms. The van der Waals surface area contributed by atoms with Crippen LogP contribution in [0, 0.1) is 11.7 Å². The maximum Gasteiger partial charge on any atom is 0.262 e. The van der Waals surface area contributed by atoms with Gasteiger partial charge in [-0.2, -0.15) is 4.31 Å². The first kappa shape index (κ1) is 21.3. The lowest BCUT2D eigenvalue weighted by atomic mass is 9.99. The number of amides is 2. The second kappa shape index (κ2) is 8.64. The number of sulfonamides is 1. The van der Waals surface area contributed by atoms with Gasteiger partial charge in [0.05, 0.1) is 16.5 Å². The van der Waals surface area contributed by atoms with Gasteiger partial charge in [0.15, 0.2) is 6.61 Å². The van der Waals surface area contributed by atoms with Crippen LogP contribution in [0.3, 0.4) is 0 Å². The number of fused-ring (bicyclic) bond motifs is 1. The van der Waals surface area contributed by atoms with E-state index >= 15 is 0 Å². The summed E-state index contributed by atoms with van der Waals surface area (Å²) in [7, 11) is -3.85. The van der Waals surface area contributed by atoms with Crippen LogP contribution in [0.4, 0.5) is 10.1 Å². The molecule has 0 saturated carbocycles. The van der Waals surface area contributed by atoms with Gasteiger partial charge < -0.3 is 15.4 Å². The normalized spacial score (nSPS) is 19.1. The predicted molar refractivity (Wildman–Crippen MR) is 110 cm³/mol. The number of hydrogen-bond acceptors (Lipinski definition) is 5. The number of carbonyl (C=O) groups is 2. The molecule has 0 bridgehead atoms. The van der Waals surface area contributed by atoms with Crippen molar-refractivity contribution in [2.24, 2.45) is 5.92 Å². The van der Waals surface area contributed by atoms with Crippen LogP contribution in [0.15, 0.2) is 47.4 Å². The van der Waals surface area contributed by atoms with Gasteiger partial charge >= 0.3 is 0 Å². The van der Waals surface area contributed by atoms with Crippen LogP contribution in [0.1, 0.15) is 18.4 Å². The van der Waals surface area contributed by atoms with Crippen LogP contribution in [0.5, 0.6) is 5.75 Å². The lowest BCUT2D eigenvalue weighted by Gasteiger charge is -2.31. The molecule has 0 aromatic heterocycles. The first-order valence-corrected chi connectivity index (χ1v) is 11.4. The number of piperidine rings is 1. The van der Waals surface area contributed by atoms with Crippen molar-refractivity contribution < 1.29 is 27.1 Å². The second-order valence-corrected chi connectivity index (χ2v) is 9.48. The first-order valence-electron chi connectivity index (χ1n) is 9.92. The van der Waals surface area contributed by atoms with Gasteiger partial charge in [-0.05, 0) is 48.7 Å². The molecule has 8 nitrogen and oxygen atoms in total. The summed E-state index contributed by atoms with van der Waals surface area (Å²) in [5.74, 6) is -1.01. The zero-order valence-corrected chi connectivity index (χ0v) is 17.5. The Kier molecular flexibility index (Phi) is 5.92. The third-order valence-electron chi connectivity index (χ3n) is 5.36. The molecule has 2 amide bonds. The molecule has 4 rings (SSSR count). The number of nitrogens with zero attached hydrogens (tertiary/aromatic N) is 1. The molecule has 0 spiro atoms. The average molecular weight is 447 g/mol. The zero-order chi connectivity index (χ0) is 22.0. The quantitative estimate of drug-likeness (QED) is 0.728. The molecule has 0 aliphatic carbocycles. The smallest absolute Gasteiger partial charge is 0.262 e. The Balaban J connectivity index is 1.43. The van der Waals surface area contributed by atoms with E-state index < -0.39 is 15.9 Å². The van der Waals surface area contributed by atoms with Crippen LogP contribution in [-0.4, -0.2) is 44.2 Å². The largest absolute Gasteiger partial charge is 0.482 e. The summed E-state index contributed by atoms with van der Waals surface area (Å²) in [6.45, 7) is 0.508. The highest BCUT2D eigenvalue weighted by Crippen LogP contribution is 2.32. The first-order chi connectivity index (χ1) is 14.8. The monoisotopic (exact) mass is 447 g/mol. The molecule has 1 fully saturated rings. The Morgan fingerprint density at radius 2 is 2.00 bits per heavy atom. The Morgan fingerprint density at radius 1 is 1.23 bits per heavy atom. The van der Waals surface area contributed by atoms with Gasteiger partial charge in [0.2, 0.25) is 15.9 Å². The minimum absolute atomic E-state index is 0.0319. The van der Waals surface area contributed by atoms with E-state index in [-0.39, 0.29) is 42.2 Å². The summed E-state index contributed by atoms with van der Waals surface area (Å²) in [5.41, 5.74) is 1.07.